The second-order valence-electron chi connectivity index (χ2n) is 5.57. The number of rotatable bonds is 5. The van der Waals surface area contributed by atoms with Crippen LogP contribution in [0.15, 0.2) is 18.5 Å². The topological polar surface area (TPSA) is 60.5 Å². The lowest BCUT2D eigenvalue weighted by Gasteiger charge is -2.21. The van der Waals surface area contributed by atoms with Crippen molar-refractivity contribution in [2.75, 3.05) is 6.61 Å². The summed E-state index contributed by atoms with van der Waals surface area (Å²) in [5, 5.41) is 3.28. The number of hydrogen-bond acceptors (Lipinski definition) is 4. The summed E-state index contributed by atoms with van der Waals surface area (Å²) in [6, 6.07) is 1.65. The van der Waals surface area contributed by atoms with Gasteiger partial charge in [0.05, 0.1) is 24.3 Å². The minimum atomic E-state index is -0.503. The number of nitrogens with zero attached hydrogens (tertiary/aromatic N) is 1. The van der Waals surface area contributed by atoms with Gasteiger partial charge in [0, 0.05) is 12.4 Å². The highest BCUT2D eigenvalue weighted by molar-refractivity contribution is 6.30. The molecule has 0 saturated heterocycles. The van der Waals surface area contributed by atoms with Crippen LogP contribution in [-0.2, 0) is 16.1 Å². The zero-order chi connectivity index (χ0) is 15.2. The summed E-state index contributed by atoms with van der Waals surface area (Å²) in [7, 11) is 0. The molecule has 1 heterocycles. The monoisotopic (exact) mass is 300 g/mol. The van der Waals surface area contributed by atoms with Crippen LogP contribution in [0.1, 0.15) is 33.3 Å². The van der Waals surface area contributed by atoms with E-state index in [1.54, 1.807) is 18.5 Å². The Morgan fingerprint density at radius 3 is 2.75 bits per heavy atom. The third-order valence-corrected chi connectivity index (χ3v) is 2.37. The summed E-state index contributed by atoms with van der Waals surface area (Å²) in [5.74, 6) is 0. The fourth-order valence-corrected chi connectivity index (χ4v) is 1.64. The molecule has 1 aromatic heterocycles. The molecule has 5 nitrogen and oxygen atoms in total. The Balaban J connectivity index is 2.26. The zero-order valence-electron chi connectivity index (χ0n) is 12.3. The van der Waals surface area contributed by atoms with Crippen LogP contribution in [0.25, 0.3) is 0 Å². The van der Waals surface area contributed by atoms with E-state index in [-0.39, 0.29) is 6.04 Å². The van der Waals surface area contributed by atoms with Gasteiger partial charge in [-0.05, 0) is 39.3 Å². The second-order valence-corrected chi connectivity index (χ2v) is 6.01. The highest BCUT2D eigenvalue weighted by Gasteiger charge is 2.17. The molecule has 0 aliphatic rings. The number of nitrogens with one attached hydrogen (secondary N) is 1. The summed E-state index contributed by atoms with van der Waals surface area (Å²) in [4.78, 5) is 15.5. The van der Waals surface area contributed by atoms with Crippen LogP contribution in [-0.4, -0.2) is 29.3 Å². The summed E-state index contributed by atoms with van der Waals surface area (Å²) >= 11 is 5.83. The van der Waals surface area contributed by atoms with E-state index in [0.717, 1.165) is 5.56 Å². The van der Waals surface area contributed by atoms with E-state index in [4.69, 9.17) is 21.1 Å². The summed E-state index contributed by atoms with van der Waals surface area (Å²) < 4.78 is 10.7. The van der Waals surface area contributed by atoms with Gasteiger partial charge in [-0.2, -0.15) is 0 Å². The normalized spacial score (nSPS) is 12.8. The van der Waals surface area contributed by atoms with Crippen molar-refractivity contribution >= 4 is 17.7 Å². The first-order valence-corrected chi connectivity index (χ1v) is 6.81. The first kappa shape index (κ1) is 16.7. The number of ether oxygens (including phenoxy) is 2. The molecular weight excluding hydrogens is 280 g/mol. The predicted octanol–water partition coefficient (Wildman–Crippen LogP) is 3.16. The van der Waals surface area contributed by atoms with Crippen LogP contribution >= 0.6 is 11.6 Å². The molecule has 1 rings (SSSR count). The van der Waals surface area contributed by atoms with Gasteiger partial charge in [0.1, 0.15) is 5.60 Å². The van der Waals surface area contributed by atoms with Crippen LogP contribution in [0.4, 0.5) is 4.79 Å². The maximum Gasteiger partial charge on any atom is 0.407 e. The molecule has 0 aromatic carbocycles. The summed E-state index contributed by atoms with van der Waals surface area (Å²) in [6.45, 7) is 8.08. The number of amides is 1. The molecule has 0 unspecified atom stereocenters. The summed E-state index contributed by atoms with van der Waals surface area (Å²) in [5.41, 5.74) is 0.388. The highest BCUT2D eigenvalue weighted by atomic mass is 35.5. The number of alkyl carbamates (subject to hydrolysis) is 1. The molecule has 0 spiro atoms. The van der Waals surface area contributed by atoms with Gasteiger partial charge in [0.2, 0.25) is 0 Å². The molecule has 6 heteroatoms. The van der Waals surface area contributed by atoms with Crippen LogP contribution in [0.2, 0.25) is 5.02 Å². The van der Waals surface area contributed by atoms with Crippen molar-refractivity contribution in [2.45, 2.75) is 45.9 Å². The molecule has 1 amide bonds. The molecule has 0 fully saturated rings. The average Bonchev–Trinajstić information content (AvgIpc) is 2.25. The predicted molar refractivity (Wildman–Crippen MR) is 77.7 cm³/mol. The summed E-state index contributed by atoms with van der Waals surface area (Å²) in [6.07, 6.45) is 2.81. The molecule has 1 atom stereocenters. The van der Waals surface area contributed by atoms with Gasteiger partial charge in [0.15, 0.2) is 0 Å². The molecule has 1 aromatic rings. The minimum absolute atomic E-state index is 0.142. The lowest BCUT2D eigenvalue weighted by molar-refractivity contribution is 0.0442. The number of carbonyl (C=O) groups is 1. The van der Waals surface area contributed by atoms with Crippen molar-refractivity contribution in [1.29, 1.82) is 0 Å². The van der Waals surface area contributed by atoms with Crippen LogP contribution in [0.3, 0.4) is 0 Å². The molecular formula is C14H21ClN2O3. The van der Waals surface area contributed by atoms with Crippen LogP contribution in [0, 0.1) is 0 Å². The van der Waals surface area contributed by atoms with Gasteiger partial charge in [-0.1, -0.05) is 11.6 Å². The Bertz CT molecular complexity index is 446. The molecule has 0 aliphatic carbocycles. The van der Waals surface area contributed by atoms with Gasteiger partial charge in [-0.3, -0.25) is 4.98 Å². The zero-order valence-corrected chi connectivity index (χ0v) is 13.0. The van der Waals surface area contributed by atoms with Crippen LogP contribution in [0.5, 0.6) is 0 Å². The first-order chi connectivity index (χ1) is 9.26. The standard InChI is InChI=1S/C14H21ClN2O3/c1-10(17-13(18)20-14(2,3)4)8-19-9-11-5-12(15)7-16-6-11/h5-7,10H,8-9H2,1-4H3,(H,17,18)/t10-/m0/s1. The largest absolute Gasteiger partial charge is 0.444 e. The van der Waals surface area contributed by atoms with Gasteiger partial charge in [-0.15, -0.1) is 0 Å². The Kier molecular flexibility index (Phi) is 6.23. The molecule has 112 valence electrons. The molecule has 20 heavy (non-hydrogen) atoms. The van der Waals surface area contributed by atoms with Gasteiger partial charge < -0.3 is 14.8 Å². The average molecular weight is 301 g/mol. The molecule has 0 bridgehead atoms. The number of pyridine rings is 1. The van der Waals surface area contributed by atoms with E-state index in [9.17, 15) is 4.79 Å². The van der Waals surface area contributed by atoms with E-state index in [1.807, 2.05) is 27.7 Å². The number of carbonyl (C=O) groups excluding carboxylic acids is 1. The second kappa shape index (κ2) is 7.45. The van der Waals surface area contributed by atoms with Crippen molar-refractivity contribution < 1.29 is 14.3 Å². The molecule has 0 radical (unpaired) electrons. The lowest BCUT2D eigenvalue weighted by atomic mass is 10.2. The van der Waals surface area contributed by atoms with Gasteiger partial charge in [-0.25, -0.2) is 4.79 Å². The molecule has 0 aliphatic heterocycles. The van der Waals surface area contributed by atoms with Gasteiger partial charge >= 0.3 is 6.09 Å². The first-order valence-electron chi connectivity index (χ1n) is 6.43. The maximum absolute atomic E-state index is 11.5. The van der Waals surface area contributed by atoms with E-state index in [2.05, 4.69) is 10.3 Å². The Morgan fingerprint density at radius 2 is 2.15 bits per heavy atom. The number of halogens is 1. The fraction of sp³-hybridized carbons (Fsp3) is 0.571. The Hall–Kier alpha value is -1.33. The quantitative estimate of drug-likeness (QED) is 0.907. The SMILES string of the molecule is C[C@@H](COCc1cncc(Cl)c1)NC(=O)OC(C)(C)C. The van der Waals surface area contributed by atoms with Crippen molar-refractivity contribution in [3.63, 3.8) is 0 Å². The smallest absolute Gasteiger partial charge is 0.407 e. The number of hydrogen-bond donors (Lipinski definition) is 1. The highest BCUT2D eigenvalue weighted by Crippen LogP contribution is 2.09. The van der Waals surface area contributed by atoms with Crippen molar-refractivity contribution in [3.05, 3.63) is 29.0 Å². The van der Waals surface area contributed by atoms with E-state index < -0.39 is 11.7 Å². The number of aromatic nitrogens is 1. The van der Waals surface area contributed by atoms with E-state index >= 15 is 0 Å². The van der Waals surface area contributed by atoms with Crippen molar-refractivity contribution in [1.82, 2.24) is 10.3 Å². The third-order valence-electron chi connectivity index (χ3n) is 2.16. The molecule has 1 N–H and O–H groups in total. The van der Waals surface area contributed by atoms with Crippen molar-refractivity contribution in [3.8, 4) is 0 Å². The van der Waals surface area contributed by atoms with Crippen LogP contribution < -0.4 is 5.32 Å². The van der Waals surface area contributed by atoms with Gasteiger partial charge in [0.25, 0.3) is 0 Å². The minimum Gasteiger partial charge on any atom is -0.444 e. The molecule has 0 saturated carbocycles. The van der Waals surface area contributed by atoms with E-state index in [1.165, 1.54) is 0 Å². The Morgan fingerprint density at radius 1 is 1.45 bits per heavy atom. The van der Waals surface area contributed by atoms with Crippen molar-refractivity contribution in [2.24, 2.45) is 0 Å². The fourth-order valence-electron chi connectivity index (χ4n) is 1.44. The lowest BCUT2D eigenvalue weighted by Crippen LogP contribution is -2.39. The third kappa shape index (κ3) is 7.31. The van der Waals surface area contributed by atoms with E-state index in [0.29, 0.717) is 18.2 Å². The maximum atomic E-state index is 11.5. The Labute approximate surface area is 124 Å².